The Bertz CT molecular complexity index is 605. The third kappa shape index (κ3) is 1.71. The van der Waals surface area contributed by atoms with Gasteiger partial charge in [0.05, 0.1) is 5.56 Å². The Kier molecular flexibility index (Phi) is 2.37. The smallest absolute Gasteiger partial charge is 0.197 e. The predicted molar refractivity (Wildman–Crippen MR) is 65.7 cm³/mol. The van der Waals surface area contributed by atoms with Crippen molar-refractivity contribution in [3.05, 3.63) is 64.2 Å². The van der Waals surface area contributed by atoms with Crippen LogP contribution in [-0.2, 0) is 6.61 Å². The molecule has 0 aliphatic carbocycles. The van der Waals surface area contributed by atoms with Gasteiger partial charge in [0.25, 0.3) is 0 Å². The molecule has 0 N–H and O–H groups in total. The number of para-hydroxylation sites is 1. The van der Waals surface area contributed by atoms with Crippen LogP contribution in [0.4, 0.5) is 0 Å². The Balaban J connectivity index is 2.20. The van der Waals surface area contributed by atoms with Crippen molar-refractivity contribution in [3.8, 4) is 5.75 Å². The molecule has 0 saturated carbocycles. The van der Waals surface area contributed by atoms with Crippen LogP contribution in [0, 0.1) is 0 Å². The van der Waals surface area contributed by atoms with E-state index in [1.165, 1.54) is 0 Å². The van der Waals surface area contributed by atoms with Gasteiger partial charge in [-0.2, -0.15) is 0 Å². The number of benzene rings is 2. The van der Waals surface area contributed by atoms with Crippen molar-refractivity contribution in [3.63, 3.8) is 0 Å². The monoisotopic (exact) mass is 244 g/mol. The Morgan fingerprint density at radius 1 is 1.06 bits per heavy atom. The van der Waals surface area contributed by atoms with Crippen molar-refractivity contribution < 1.29 is 9.53 Å². The molecule has 0 bridgehead atoms. The lowest BCUT2D eigenvalue weighted by Gasteiger charge is -2.04. The molecule has 2 aromatic carbocycles. The van der Waals surface area contributed by atoms with Crippen LogP contribution in [0.25, 0.3) is 0 Å². The number of ketones is 1. The summed E-state index contributed by atoms with van der Waals surface area (Å²) in [5, 5.41) is 0.617. The second-order valence-electron chi connectivity index (χ2n) is 3.92. The highest BCUT2D eigenvalue weighted by molar-refractivity contribution is 6.30. The van der Waals surface area contributed by atoms with Gasteiger partial charge in [0.15, 0.2) is 5.78 Å². The van der Waals surface area contributed by atoms with Crippen molar-refractivity contribution in [1.82, 2.24) is 0 Å². The van der Waals surface area contributed by atoms with Gasteiger partial charge in [-0.1, -0.05) is 23.7 Å². The van der Waals surface area contributed by atoms with Crippen molar-refractivity contribution in [2.45, 2.75) is 6.61 Å². The van der Waals surface area contributed by atoms with Crippen LogP contribution < -0.4 is 4.74 Å². The molecule has 1 aliphatic rings. The van der Waals surface area contributed by atoms with Crippen molar-refractivity contribution in [1.29, 1.82) is 0 Å². The van der Waals surface area contributed by atoms with E-state index in [2.05, 4.69) is 0 Å². The highest BCUT2D eigenvalue weighted by atomic mass is 35.5. The highest BCUT2D eigenvalue weighted by Gasteiger charge is 2.21. The minimum absolute atomic E-state index is 0.00948. The van der Waals surface area contributed by atoms with Crippen LogP contribution in [0.5, 0.6) is 5.75 Å². The summed E-state index contributed by atoms with van der Waals surface area (Å²) in [5.74, 6) is 0.620. The summed E-state index contributed by atoms with van der Waals surface area (Å²) in [4.78, 5) is 12.3. The van der Waals surface area contributed by atoms with Crippen LogP contribution >= 0.6 is 11.6 Å². The quantitative estimate of drug-likeness (QED) is 0.709. The summed E-state index contributed by atoms with van der Waals surface area (Å²) in [6.45, 7) is 0.374. The number of halogens is 1. The Morgan fingerprint density at radius 2 is 1.88 bits per heavy atom. The van der Waals surface area contributed by atoms with E-state index in [9.17, 15) is 4.79 Å². The fraction of sp³-hybridized carbons (Fsp3) is 0.0714. The maximum Gasteiger partial charge on any atom is 0.197 e. The van der Waals surface area contributed by atoms with Crippen molar-refractivity contribution in [2.75, 3.05) is 0 Å². The number of ether oxygens (including phenoxy) is 1. The molecule has 0 atom stereocenters. The zero-order valence-electron chi connectivity index (χ0n) is 8.94. The number of fused-ring (bicyclic) bond motifs is 2. The summed E-state index contributed by atoms with van der Waals surface area (Å²) >= 11 is 5.92. The van der Waals surface area contributed by atoms with Gasteiger partial charge in [-0.3, -0.25) is 4.79 Å². The third-order valence-electron chi connectivity index (χ3n) is 2.83. The minimum atomic E-state index is -0.00948. The fourth-order valence-electron chi connectivity index (χ4n) is 1.98. The SMILES string of the molecule is O=C1c2ccc(Cl)cc2COc2ccccc21. The summed E-state index contributed by atoms with van der Waals surface area (Å²) < 4.78 is 5.62. The fourth-order valence-corrected chi connectivity index (χ4v) is 2.18. The van der Waals surface area contributed by atoms with E-state index in [4.69, 9.17) is 16.3 Å². The molecule has 0 saturated heterocycles. The first kappa shape index (κ1) is 10.4. The van der Waals surface area contributed by atoms with E-state index < -0.39 is 0 Å². The second-order valence-corrected chi connectivity index (χ2v) is 4.35. The number of hydrogen-bond donors (Lipinski definition) is 0. The highest BCUT2D eigenvalue weighted by Crippen LogP contribution is 2.29. The average Bonchev–Trinajstić information content (AvgIpc) is 2.48. The molecule has 3 rings (SSSR count). The van der Waals surface area contributed by atoms with Crippen LogP contribution in [0.15, 0.2) is 42.5 Å². The number of carbonyl (C=O) groups excluding carboxylic acids is 1. The molecule has 0 unspecified atom stereocenters. The lowest BCUT2D eigenvalue weighted by molar-refractivity contribution is 0.103. The zero-order valence-corrected chi connectivity index (χ0v) is 9.70. The summed E-state index contributed by atoms with van der Waals surface area (Å²) in [6.07, 6.45) is 0. The third-order valence-corrected chi connectivity index (χ3v) is 3.06. The van der Waals surface area contributed by atoms with Gasteiger partial charge < -0.3 is 4.74 Å². The second kappa shape index (κ2) is 3.90. The van der Waals surface area contributed by atoms with Crippen molar-refractivity contribution >= 4 is 17.4 Å². The molecule has 0 aromatic heterocycles. The van der Waals surface area contributed by atoms with Gasteiger partial charge >= 0.3 is 0 Å². The van der Waals surface area contributed by atoms with E-state index in [-0.39, 0.29) is 5.78 Å². The molecule has 17 heavy (non-hydrogen) atoms. The topological polar surface area (TPSA) is 26.3 Å². The van der Waals surface area contributed by atoms with Crippen LogP contribution in [0.3, 0.4) is 0 Å². The molecular weight excluding hydrogens is 236 g/mol. The van der Waals surface area contributed by atoms with Crippen LogP contribution in [0.1, 0.15) is 21.5 Å². The average molecular weight is 245 g/mol. The molecule has 2 nitrogen and oxygen atoms in total. The number of hydrogen-bond acceptors (Lipinski definition) is 2. The Labute approximate surface area is 104 Å². The largest absolute Gasteiger partial charge is 0.488 e. The summed E-state index contributed by atoms with van der Waals surface area (Å²) in [6, 6.07) is 12.5. The number of rotatable bonds is 0. The first-order valence-corrected chi connectivity index (χ1v) is 5.68. The van der Waals surface area contributed by atoms with Gasteiger partial charge in [0.1, 0.15) is 12.4 Å². The zero-order chi connectivity index (χ0) is 11.8. The van der Waals surface area contributed by atoms with Gasteiger partial charge in [-0.25, -0.2) is 0 Å². The molecule has 2 aromatic rings. The predicted octanol–water partition coefficient (Wildman–Crippen LogP) is 3.46. The summed E-state index contributed by atoms with van der Waals surface area (Å²) in [7, 11) is 0. The van der Waals surface area contributed by atoms with Gasteiger partial charge in [0.2, 0.25) is 0 Å². The van der Waals surface area contributed by atoms with Crippen LogP contribution in [0.2, 0.25) is 5.02 Å². The lowest BCUT2D eigenvalue weighted by atomic mass is 9.99. The van der Waals surface area contributed by atoms with Gasteiger partial charge in [-0.05, 0) is 30.3 Å². The van der Waals surface area contributed by atoms with E-state index in [0.29, 0.717) is 28.5 Å². The maximum atomic E-state index is 12.3. The first-order chi connectivity index (χ1) is 8.25. The molecule has 0 radical (unpaired) electrons. The molecule has 84 valence electrons. The standard InChI is InChI=1S/C14H9ClO2/c15-10-5-6-11-9(7-10)8-17-13-4-2-1-3-12(13)14(11)16/h1-7H,8H2. The van der Waals surface area contributed by atoms with E-state index in [1.54, 1.807) is 30.3 Å². The molecule has 0 fully saturated rings. The van der Waals surface area contributed by atoms with Crippen LogP contribution in [-0.4, -0.2) is 5.78 Å². The van der Waals surface area contributed by atoms with E-state index >= 15 is 0 Å². The maximum absolute atomic E-state index is 12.3. The normalized spacial score (nSPS) is 13.4. The molecule has 1 heterocycles. The molecular formula is C14H9ClO2. The Hall–Kier alpha value is -1.80. The lowest BCUT2D eigenvalue weighted by Crippen LogP contribution is -2.02. The van der Waals surface area contributed by atoms with E-state index in [1.807, 2.05) is 12.1 Å². The van der Waals surface area contributed by atoms with E-state index in [0.717, 1.165) is 5.56 Å². The molecule has 0 amide bonds. The van der Waals surface area contributed by atoms with Crippen molar-refractivity contribution in [2.24, 2.45) is 0 Å². The molecule has 0 spiro atoms. The van der Waals surface area contributed by atoms with Gasteiger partial charge in [0, 0.05) is 16.1 Å². The van der Waals surface area contributed by atoms with Gasteiger partial charge in [-0.15, -0.1) is 0 Å². The minimum Gasteiger partial charge on any atom is -0.488 e. The first-order valence-electron chi connectivity index (χ1n) is 5.30. The summed E-state index contributed by atoms with van der Waals surface area (Å²) in [5.41, 5.74) is 2.10. The molecule has 1 aliphatic heterocycles. The Morgan fingerprint density at radius 3 is 2.76 bits per heavy atom. The number of carbonyl (C=O) groups is 1. The molecule has 3 heteroatoms.